The van der Waals surface area contributed by atoms with Gasteiger partial charge in [0.15, 0.2) is 5.17 Å². The second kappa shape index (κ2) is 10.6. The molecule has 0 bridgehead atoms. The van der Waals surface area contributed by atoms with Crippen molar-refractivity contribution < 1.29 is 28.5 Å². The van der Waals surface area contributed by atoms with Crippen molar-refractivity contribution in [1.29, 1.82) is 0 Å². The SMILES string of the molecule is COCCNC(=O)CC1=CSC2=NC(C)=C(C(=O)OC)C(c3cc(OC)cc(OC)c3)N12. The molecule has 0 aromatic heterocycles. The van der Waals surface area contributed by atoms with Gasteiger partial charge in [-0.25, -0.2) is 9.79 Å². The van der Waals surface area contributed by atoms with Crippen molar-refractivity contribution in [3.63, 3.8) is 0 Å². The highest BCUT2D eigenvalue weighted by Crippen LogP contribution is 2.46. The van der Waals surface area contributed by atoms with Crippen LogP contribution in [-0.4, -0.2) is 63.5 Å². The van der Waals surface area contributed by atoms with Crippen LogP contribution >= 0.6 is 11.8 Å². The number of ether oxygens (including phenoxy) is 4. The van der Waals surface area contributed by atoms with E-state index in [1.54, 1.807) is 34.3 Å². The number of esters is 1. The van der Waals surface area contributed by atoms with Crippen molar-refractivity contribution in [3.05, 3.63) is 46.1 Å². The van der Waals surface area contributed by atoms with E-state index in [0.29, 0.717) is 41.1 Å². The lowest BCUT2D eigenvalue weighted by Crippen LogP contribution is -2.38. The van der Waals surface area contributed by atoms with Crippen molar-refractivity contribution in [2.75, 3.05) is 41.6 Å². The van der Waals surface area contributed by atoms with Crippen LogP contribution in [0.25, 0.3) is 0 Å². The monoisotopic (exact) mass is 461 g/mol. The van der Waals surface area contributed by atoms with Gasteiger partial charge in [-0.15, -0.1) is 0 Å². The van der Waals surface area contributed by atoms with Crippen molar-refractivity contribution in [2.45, 2.75) is 19.4 Å². The Morgan fingerprint density at radius 3 is 2.41 bits per heavy atom. The Morgan fingerprint density at radius 2 is 1.81 bits per heavy atom. The summed E-state index contributed by atoms with van der Waals surface area (Å²) < 4.78 is 20.9. The number of nitrogens with zero attached hydrogens (tertiary/aromatic N) is 2. The Labute approximate surface area is 191 Å². The third kappa shape index (κ3) is 4.91. The highest BCUT2D eigenvalue weighted by molar-refractivity contribution is 8.16. The number of fused-ring (bicyclic) bond motifs is 1. The van der Waals surface area contributed by atoms with E-state index in [1.165, 1.54) is 18.9 Å². The van der Waals surface area contributed by atoms with Crippen molar-refractivity contribution in [1.82, 2.24) is 10.2 Å². The number of benzene rings is 1. The first-order chi connectivity index (χ1) is 15.4. The van der Waals surface area contributed by atoms with E-state index in [1.807, 2.05) is 22.4 Å². The lowest BCUT2D eigenvalue weighted by Gasteiger charge is -2.36. The Balaban J connectivity index is 2.03. The molecule has 2 heterocycles. The fourth-order valence-electron chi connectivity index (χ4n) is 3.56. The van der Waals surface area contributed by atoms with E-state index in [9.17, 15) is 9.59 Å². The zero-order valence-electron chi connectivity index (χ0n) is 18.8. The van der Waals surface area contributed by atoms with Gasteiger partial charge in [-0.1, -0.05) is 11.8 Å². The summed E-state index contributed by atoms with van der Waals surface area (Å²) in [6, 6.07) is 4.87. The highest BCUT2D eigenvalue weighted by Gasteiger charge is 2.41. The normalized spacial score (nSPS) is 17.4. The maximum absolute atomic E-state index is 12.8. The molecular formula is C22H27N3O6S. The molecule has 1 aromatic rings. The molecule has 0 saturated carbocycles. The lowest BCUT2D eigenvalue weighted by molar-refractivity contribution is -0.136. The number of rotatable bonds is 9. The topological polar surface area (TPSA) is 98.7 Å². The van der Waals surface area contributed by atoms with Gasteiger partial charge in [-0.2, -0.15) is 0 Å². The maximum atomic E-state index is 12.8. The quantitative estimate of drug-likeness (QED) is 0.443. The molecule has 3 rings (SSSR count). The number of aliphatic imine (C=N–C) groups is 1. The minimum Gasteiger partial charge on any atom is -0.497 e. The predicted octanol–water partition coefficient (Wildman–Crippen LogP) is 2.60. The Kier molecular flexibility index (Phi) is 7.81. The van der Waals surface area contributed by atoms with Gasteiger partial charge < -0.3 is 29.2 Å². The largest absolute Gasteiger partial charge is 0.497 e. The maximum Gasteiger partial charge on any atom is 0.338 e. The van der Waals surface area contributed by atoms with Crippen LogP contribution in [0.3, 0.4) is 0 Å². The molecule has 32 heavy (non-hydrogen) atoms. The number of allylic oxidation sites excluding steroid dienone is 1. The summed E-state index contributed by atoms with van der Waals surface area (Å²) in [7, 11) is 6.05. The van der Waals surface area contributed by atoms with Crippen LogP contribution in [0, 0.1) is 0 Å². The molecule has 2 aliphatic rings. The van der Waals surface area contributed by atoms with E-state index in [2.05, 4.69) is 10.3 Å². The van der Waals surface area contributed by atoms with E-state index >= 15 is 0 Å². The molecule has 0 spiro atoms. The summed E-state index contributed by atoms with van der Waals surface area (Å²) in [5.41, 5.74) is 2.42. The van der Waals surface area contributed by atoms with Crippen LogP contribution < -0.4 is 14.8 Å². The van der Waals surface area contributed by atoms with Gasteiger partial charge in [0.25, 0.3) is 0 Å². The molecule has 0 saturated heterocycles. The first-order valence-corrected chi connectivity index (χ1v) is 10.8. The second-order valence-corrected chi connectivity index (χ2v) is 7.89. The fraction of sp³-hybridized carbons (Fsp3) is 0.409. The van der Waals surface area contributed by atoms with Crippen LogP contribution in [0.5, 0.6) is 11.5 Å². The van der Waals surface area contributed by atoms with Gasteiger partial charge >= 0.3 is 5.97 Å². The molecule has 1 aromatic carbocycles. The average Bonchev–Trinajstić information content (AvgIpc) is 3.18. The number of amides is 1. The van der Waals surface area contributed by atoms with E-state index in [0.717, 1.165) is 11.3 Å². The Bertz CT molecular complexity index is 966. The summed E-state index contributed by atoms with van der Waals surface area (Å²) >= 11 is 1.41. The van der Waals surface area contributed by atoms with Gasteiger partial charge in [0.05, 0.1) is 51.7 Å². The summed E-state index contributed by atoms with van der Waals surface area (Å²) in [6.07, 6.45) is 0.126. The number of amidine groups is 1. The molecule has 1 N–H and O–H groups in total. The van der Waals surface area contributed by atoms with Crippen molar-refractivity contribution in [2.24, 2.45) is 4.99 Å². The average molecular weight is 462 g/mol. The molecular weight excluding hydrogens is 434 g/mol. The van der Waals surface area contributed by atoms with Gasteiger partial charge in [-0.05, 0) is 30.0 Å². The smallest absolute Gasteiger partial charge is 0.338 e. The van der Waals surface area contributed by atoms with E-state index in [4.69, 9.17) is 18.9 Å². The standard InChI is InChI=1S/C22H27N3O6S/c1-13-19(21(27)31-5)20(14-8-16(29-3)11-17(9-14)30-4)25-15(12-32-22(25)24-13)10-18(26)23-6-7-28-2/h8-9,11-12,20H,6-7,10H2,1-5H3,(H,23,26). The molecule has 9 nitrogen and oxygen atoms in total. The van der Waals surface area contributed by atoms with Crippen LogP contribution in [0.4, 0.5) is 0 Å². The number of thioether (sulfide) groups is 1. The minimum absolute atomic E-state index is 0.126. The first kappa shape index (κ1) is 23.7. The molecule has 172 valence electrons. The number of carbonyl (C=O) groups is 2. The molecule has 0 radical (unpaired) electrons. The number of methoxy groups -OCH3 is 4. The van der Waals surface area contributed by atoms with Crippen molar-refractivity contribution >= 4 is 28.8 Å². The van der Waals surface area contributed by atoms with Gasteiger partial charge in [0.1, 0.15) is 11.5 Å². The second-order valence-electron chi connectivity index (χ2n) is 7.05. The van der Waals surface area contributed by atoms with Gasteiger partial charge in [-0.3, -0.25) is 4.79 Å². The van der Waals surface area contributed by atoms with E-state index in [-0.39, 0.29) is 12.3 Å². The van der Waals surface area contributed by atoms with Crippen LogP contribution in [0.1, 0.15) is 24.9 Å². The third-order valence-corrected chi connectivity index (χ3v) is 5.95. The first-order valence-electron chi connectivity index (χ1n) is 9.94. The van der Waals surface area contributed by atoms with Gasteiger partial charge in [0.2, 0.25) is 5.91 Å². The predicted molar refractivity (Wildman–Crippen MR) is 121 cm³/mol. The summed E-state index contributed by atoms with van der Waals surface area (Å²) in [5.74, 6) is 0.529. The zero-order chi connectivity index (χ0) is 23.3. The van der Waals surface area contributed by atoms with Crippen molar-refractivity contribution in [3.8, 4) is 11.5 Å². The molecule has 1 unspecified atom stereocenters. The third-order valence-electron chi connectivity index (χ3n) is 5.07. The molecule has 2 aliphatic heterocycles. The Hall–Kier alpha value is -2.98. The molecule has 1 amide bonds. The minimum atomic E-state index is -0.563. The zero-order valence-corrected chi connectivity index (χ0v) is 19.6. The van der Waals surface area contributed by atoms with Crippen LogP contribution in [-0.2, 0) is 19.1 Å². The summed E-state index contributed by atoms with van der Waals surface area (Å²) in [4.78, 5) is 31.8. The molecule has 1 atom stereocenters. The number of hydrogen-bond acceptors (Lipinski definition) is 9. The summed E-state index contributed by atoms with van der Waals surface area (Å²) in [5, 5.41) is 5.39. The lowest BCUT2D eigenvalue weighted by atomic mass is 9.93. The van der Waals surface area contributed by atoms with Crippen LogP contribution in [0.2, 0.25) is 0 Å². The molecule has 10 heteroatoms. The fourth-order valence-corrected chi connectivity index (χ4v) is 4.53. The number of nitrogens with one attached hydrogen (secondary N) is 1. The van der Waals surface area contributed by atoms with Gasteiger partial charge in [0, 0.05) is 25.4 Å². The number of hydrogen-bond donors (Lipinski definition) is 1. The van der Waals surface area contributed by atoms with E-state index < -0.39 is 12.0 Å². The highest BCUT2D eigenvalue weighted by atomic mass is 32.2. The number of carbonyl (C=O) groups excluding carboxylic acids is 2. The molecule has 0 fully saturated rings. The molecule has 0 aliphatic carbocycles. The van der Waals surface area contributed by atoms with Crippen LogP contribution in [0.15, 0.2) is 45.6 Å². The Morgan fingerprint density at radius 1 is 1.12 bits per heavy atom. The summed E-state index contributed by atoms with van der Waals surface area (Å²) in [6.45, 7) is 2.62.